The van der Waals surface area contributed by atoms with E-state index in [0.29, 0.717) is 25.7 Å². The number of esters is 4. The topological polar surface area (TPSA) is 237 Å². The molecule has 0 spiro atoms. The molecule has 2 unspecified atom stereocenters. The molecular formula is C81H152O17P2. The minimum absolute atomic E-state index is 0.0882. The van der Waals surface area contributed by atoms with Crippen molar-refractivity contribution in [2.45, 2.75) is 418 Å². The van der Waals surface area contributed by atoms with Crippen LogP contribution in [0.1, 0.15) is 400 Å². The van der Waals surface area contributed by atoms with E-state index in [0.717, 1.165) is 128 Å². The summed E-state index contributed by atoms with van der Waals surface area (Å²) in [5, 5.41) is 10.6. The van der Waals surface area contributed by atoms with Crippen LogP contribution in [0.25, 0.3) is 0 Å². The van der Waals surface area contributed by atoms with Gasteiger partial charge in [-0.05, 0) is 83.5 Å². The number of aliphatic hydroxyl groups is 1. The fourth-order valence-electron chi connectivity index (χ4n) is 11.8. The SMILES string of the molecule is CCCCC/C=C\C/C=C\CCCCCCCC(=O)OC[C@H](COP(=O)(O)OC[C@H](O)COP(=O)(O)OC[C@@H](COC(=O)CCCCCCCCCCCCCCCCC)OC(=O)CCCCCCCCCCCCCCCCC)OC(=O)CCCCCCC/C=C\CCCCCCCC. The molecule has 0 fully saturated rings. The Balaban J connectivity index is 5.32. The average Bonchev–Trinajstić information content (AvgIpc) is 1.01. The van der Waals surface area contributed by atoms with Crippen LogP contribution < -0.4 is 0 Å². The molecule has 0 aliphatic rings. The third-order valence-electron chi connectivity index (χ3n) is 18.1. The van der Waals surface area contributed by atoms with Crippen LogP contribution in [0.2, 0.25) is 0 Å². The van der Waals surface area contributed by atoms with Crippen molar-refractivity contribution in [3.8, 4) is 0 Å². The van der Waals surface area contributed by atoms with E-state index in [1.165, 1.54) is 193 Å². The Bertz CT molecular complexity index is 2040. The van der Waals surface area contributed by atoms with Crippen molar-refractivity contribution in [1.29, 1.82) is 0 Å². The highest BCUT2D eigenvalue weighted by atomic mass is 31.2. The second-order valence-corrected chi connectivity index (χ2v) is 31.0. The van der Waals surface area contributed by atoms with Crippen molar-refractivity contribution in [3.05, 3.63) is 36.5 Å². The highest BCUT2D eigenvalue weighted by Crippen LogP contribution is 2.45. The molecule has 0 rings (SSSR count). The molecule has 100 heavy (non-hydrogen) atoms. The van der Waals surface area contributed by atoms with Crippen LogP contribution in [0.15, 0.2) is 36.5 Å². The minimum Gasteiger partial charge on any atom is -0.462 e. The smallest absolute Gasteiger partial charge is 0.462 e. The van der Waals surface area contributed by atoms with E-state index in [2.05, 4.69) is 64.2 Å². The summed E-state index contributed by atoms with van der Waals surface area (Å²) in [6.45, 7) is 4.93. The van der Waals surface area contributed by atoms with Crippen LogP contribution in [-0.2, 0) is 65.4 Å². The highest BCUT2D eigenvalue weighted by Gasteiger charge is 2.30. The number of phosphoric ester groups is 2. The number of aliphatic hydroxyl groups excluding tert-OH is 1. The van der Waals surface area contributed by atoms with Crippen LogP contribution in [-0.4, -0.2) is 96.7 Å². The molecule has 5 atom stereocenters. The second-order valence-electron chi connectivity index (χ2n) is 28.1. The molecule has 0 aromatic carbocycles. The zero-order valence-corrected chi connectivity index (χ0v) is 66.2. The molecule has 0 saturated carbocycles. The van der Waals surface area contributed by atoms with Crippen molar-refractivity contribution < 1.29 is 80.2 Å². The lowest BCUT2D eigenvalue weighted by Crippen LogP contribution is -2.30. The van der Waals surface area contributed by atoms with Crippen molar-refractivity contribution >= 4 is 39.5 Å². The van der Waals surface area contributed by atoms with Gasteiger partial charge in [-0.25, -0.2) is 9.13 Å². The highest BCUT2D eigenvalue weighted by molar-refractivity contribution is 7.47. The number of phosphoric acid groups is 2. The van der Waals surface area contributed by atoms with Gasteiger partial charge in [-0.15, -0.1) is 0 Å². The maximum Gasteiger partial charge on any atom is 0.472 e. The van der Waals surface area contributed by atoms with Gasteiger partial charge in [-0.1, -0.05) is 327 Å². The van der Waals surface area contributed by atoms with Gasteiger partial charge < -0.3 is 33.8 Å². The quantitative estimate of drug-likeness (QED) is 0.0169. The predicted molar refractivity (Wildman–Crippen MR) is 409 cm³/mol. The number of carbonyl (C=O) groups excluding carboxylic acids is 4. The van der Waals surface area contributed by atoms with E-state index in [-0.39, 0.29) is 25.7 Å². The molecule has 0 saturated heterocycles. The lowest BCUT2D eigenvalue weighted by Gasteiger charge is -2.21. The Morgan fingerprint density at radius 3 is 0.770 bits per heavy atom. The molecule has 0 radical (unpaired) electrons. The number of rotatable bonds is 79. The first-order chi connectivity index (χ1) is 48.7. The Morgan fingerprint density at radius 1 is 0.280 bits per heavy atom. The molecule has 0 bridgehead atoms. The summed E-state index contributed by atoms with van der Waals surface area (Å²) in [6, 6.07) is 0. The Morgan fingerprint density at radius 2 is 0.490 bits per heavy atom. The number of hydrogen-bond acceptors (Lipinski definition) is 15. The molecule has 588 valence electrons. The minimum atomic E-state index is -4.97. The molecule has 0 aliphatic carbocycles. The van der Waals surface area contributed by atoms with E-state index in [4.69, 9.17) is 37.0 Å². The van der Waals surface area contributed by atoms with Crippen LogP contribution in [0, 0.1) is 0 Å². The molecule has 0 heterocycles. The van der Waals surface area contributed by atoms with E-state index in [1.54, 1.807) is 0 Å². The fraction of sp³-hybridized carbons (Fsp3) is 0.877. The first-order valence-electron chi connectivity index (χ1n) is 41.2. The fourth-order valence-corrected chi connectivity index (χ4v) is 13.4. The Hall–Kier alpha value is -2.72. The van der Waals surface area contributed by atoms with Gasteiger partial charge in [0, 0.05) is 25.7 Å². The average molecular weight is 1460 g/mol. The largest absolute Gasteiger partial charge is 0.472 e. The van der Waals surface area contributed by atoms with Gasteiger partial charge in [0.15, 0.2) is 12.2 Å². The molecule has 0 aliphatic heterocycles. The zero-order valence-electron chi connectivity index (χ0n) is 64.4. The summed E-state index contributed by atoms with van der Waals surface area (Å²) in [6.07, 6.45) is 71.1. The first-order valence-corrected chi connectivity index (χ1v) is 44.2. The maximum atomic E-state index is 13.1. The van der Waals surface area contributed by atoms with E-state index < -0.39 is 97.5 Å². The van der Waals surface area contributed by atoms with E-state index in [1.807, 2.05) is 0 Å². The van der Waals surface area contributed by atoms with Gasteiger partial charge in [0.2, 0.25) is 0 Å². The summed E-state index contributed by atoms with van der Waals surface area (Å²) in [4.78, 5) is 73.0. The number of hydrogen-bond donors (Lipinski definition) is 3. The predicted octanol–water partition coefficient (Wildman–Crippen LogP) is 23.9. The summed E-state index contributed by atoms with van der Waals surface area (Å²) >= 11 is 0. The van der Waals surface area contributed by atoms with E-state index in [9.17, 15) is 43.2 Å². The third-order valence-corrected chi connectivity index (χ3v) is 20.0. The van der Waals surface area contributed by atoms with Gasteiger partial charge in [0.05, 0.1) is 26.4 Å². The number of allylic oxidation sites excluding steroid dienone is 6. The Kier molecular flexibility index (Phi) is 72.5. The molecule has 19 heteroatoms. The second kappa shape index (κ2) is 74.5. The zero-order chi connectivity index (χ0) is 73.2. The summed E-state index contributed by atoms with van der Waals surface area (Å²) < 4.78 is 68.7. The van der Waals surface area contributed by atoms with Crippen molar-refractivity contribution in [3.63, 3.8) is 0 Å². The molecule has 0 amide bonds. The first kappa shape index (κ1) is 97.3. The van der Waals surface area contributed by atoms with Crippen LogP contribution in [0.5, 0.6) is 0 Å². The number of unbranched alkanes of at least 4 members (excludes halogenated alkanes) is 47. The van der Waals surface area contributed by atoms with Crippen molar-refractivity contribution in [1.82, 2.24) is 0 Å². The molecule has 0 aromatic heterocycles. The standard InChI is InChI=1S/C81H152O17P2/c1-5-9-13-17-21-25-29-33-37-41-45-49-53-57-61-65-78(83)91-71-76(97-80(85)67-63-59-55-51-47-43-39-35-31-27-23-19-15-11-7-3)73-95-99(87,88)93-69-75(82)70-94-100(89,90)96-74-77(98-81(86)68-64-60-56-52-48-44-40-36-32-28-24-20-16-12-8-4)72-92-79(84)66-62-58-54-50-46-42-38-34-30-26-22-18-14-10-6-2/h21,25,33,35,37,39,75-77,82H,5-20,22-24,26-32,34,36,38,40-74H2,1-4H3,(H,87,88)(H,89,90)/b25-21-,37-33-,39-35-/t75-,76+,77+/m0/s1. The lowest BCUT2D eigenvalue weighted by molar-refractivity contribution is -0.161. The van der Waals surface area contributed by atoms with Crippen LogP contribution >= 0.6 is 15.6 Å². The summed E-state index contributed by atoms with van der Waals surface area (Å²) in [5.74, 6) is -2.15. The van der Waals surface area contributed by atoms with Crippen molar-refractivity contribution in [2.24, 2.45) is 0 Å². The summed E-state index contributed by atoms with van der Waals surface area (Å²) in [5.41, 5.74) is 0. The molecular weight excluding hydrogens is 1310 g/mol. The van der Waals surface area contributed by atoms with E-state index >= 15 is 0 Å². The number of carbonyl (C=O) groups is 4. The van der Waals surface area contributed by atoms with Gasteiger partial charge in [0.1, 0.15) is 19.3 Å². The number of ether oxygens (including phenoxy) is 4. The van der Waals surface area contributed by atoms with Gasteiger partial charge in [0.25, 0.3) is 0 Å². The Labute approximate surface area is 611 Å². The molecule has 17 nitrogen and oxygen atoms in total. The maximum absolute atomic E-state index is 13.1. The van der Waals surface area contributed by atoms with Crippen LogP contribution in [0.4, 0.5) is 0 Å². The third kappa shape index (κ3) is 73.6. The summed E-state index contributed by atoms with van der Waals surface area (Å²) in [7, 11) is -9.94. The van der Waals surface area contributed by atoms with Crippen LogP contribution in [0.3, 0.4) is 0 Å². The van der Waals surface area contributed by atoms with Gasteiger partial charge in [-0.3, -0.25) is 37.3 Å². The monoisotopic (exact) mass is 1460 g/mol. The van der Waals surface area contributed by atoms with Gasteiger partial charge >= 0.3 is 39.5 Å². The molecule has 3 N–H and O–H groups in total. The normalized spacial score (nSPS) is 14.0. The van der Waals surface area contributed by atoms with Gasteiger partial charge in [-0.2, -0.15) is 0 Å². The van der Waals surface area contributed by atoms with Crippen molar-refractivity contribution in [2.75, 3.05) is 39.6 Å². The lowest BCUT2D eigenvalue weighted by atomic mass is 10.0. The molecule has 0 aromatic rings.